The highest BCUT2D eigenvalue weighted by atomic mass is 19.1. The lowest BCUT2D eigenvalue weighted by Crippen LogP contribution is -2.09. The molecule has 0 saturated heterocycles. The van der Waals surface area contributed by atoms with Gasteiger partial charge in [-0.25, -0.2) is 8.78 Å². The van der Waals surface area contributed by atoms with Crippen molar-refractivity contribution in [1.82, 2.24) is 0 Å². The standard InChI is InChI=1S/C16H10F2N2O4/c17-13-5-1-11(2-6-13)9-15(19(21)22)16(20(23)24)10-12-3-7-14(18)8-4-12/h1-10H. The minimum Gasteiger partial charge on any atom is -0.258 e. The maximum atomic E-state index is 12.9. The van der Waals surface area contributed by atoms with Crippen LogP contribution in [0.2, 0.25) is 0 Å². The van der Waals surface area contributed by atoms with Crippen LogP contribution in [-0.2, 0) is 0 Å². The van der Waals surface area contributed by atoms with E-state index >= 15 is 0 Å². The quantitative estimate of drug-likeness (QED) is 0.472. The summed E-state index contributed by atoms with van der Waals surface area (Å²) in [4.78, 5) is 20.6. The van der Waals surface area contributed by atoms with Crippen molar-refractivity contribution in [3.8, 4) is 0 Å². The van der Waals surface area contributed by atoms with Crippen molar-refractivity contribution in [2.45, 2.75) is 0 Å². The van der Waals surface area contributed by atoms with Gasteiger partial charge in [0.2, 0.25) is 0 Å². The lowest BCUT2D eigenvalue weighted by molar-refractivity contribution is -0.477. The van der Waals surface area contributed by atoms with Crippen molar-refractivity contribution >= 4 is 12.2 Å². The second kappa shape index (κ2) is 7.23. The van der Waals surface area contributed by atoms with Crippen LogP contribution in [0, 0.1) is 31.9 Å². The molecule has 0 aliphatic carbocycles. The molecule has 122 valence electrons. The number of nitrogens with zero attached hydrogens (tertiary/aromatic N) is 2. The number of nitro groups is 2. The summed E-state index contributed by atoms with van der Waals surface area (Å²) in [6.07, 6.45) is 1.94. The monoisotopic (exact) mass is 332 g/mol. The fourth-order valence-electron chi connectivity index (χ4n) is 1.87. The molecule has 24 heavy (non-hydrogen) atoms. The second-order valence-corrected chi connectivity index (χ2v) is 4.68. The van der Waals surface area contributed by atoms with Crippen molar-refractivity contribution in [2.75, 3.05) is 0 Å². The lowest BCUT2D eigenvalue weighted by atomic mass is 10.1. The summed E-state index contributed by atoms with van der Waals surface area (Å²) in [5.41, 5.74) is -1.07. The van der Waals surface area contributed by atoms with Gasteiger partial charge in [-0.05, 0) is 35.4 Å². The average Bonchev–Trinajstić information content (AvgIpc) is 2.54. The van der Waals surface area contributed by atoms with Crippen LogP contribution in [0.3, 0.4) is 0 Å². The maximum absolute atomic E-state index is 12.9. The van der Waals surface area contributed by atoms with E-state index in [1.807, 2.05) is 0 Å². The topological polar surface area (TPSA) is 86.3 Å². The van der Waals surface area contributed by atoms with Crippen LogP contribution in [-0.4, -0.2) is 9.85 Å². The zero-order valence-corrected chi connectivity index (χ0v) is 12.1. The Morgan fingerprint density at radius 3 is 1.25 bits per heavy atom. The van der Waals surface area contributed by atoms with E-state index in [0.717, 1.165) is 36.4 Å². The third kappa shape index (κ3) is 4.29. The van der Waals surface area contributed by atoms with E-state index in [2.05, 4.69) is 0 Å². The van der Waals surface area contributed by atoms with Gasteiger partial charge in [0.1, 0.15) is 11.6 Å². The van der Waals surface area contributed by atoms with E-state index in [9.17, 15) is 29.0 Å². The molecule has 2 aromatic rings. The van der Waals surface area contributed by atoms with Gasteiger partial charge in [0.05, 0.1) is 9.85 Å². The summed E-state index contributed by atoms with van der Waals surface area (Å²) in [6.45, 7) is 0. The molecule has 6 nitrogen and oxygen atoms in total. The van der Waals surface area contributed by atoms with E-state index in [0.29, 0.717) is 0 Å². The molecule has 0 fully saturated rings. The highest BCUT2D eigenvalue weighted by molar-refractivity contribution is 5.61. The van der Waals surface area contributed by atoms with Crippen LogP contribution in [0.25, 0.3) is 12.2 Å². The molecule has 0 unspecified atom stereocenters. The van der Waals surface area contributed by atoms with E-state index in [4.69, 9.17) is 0 Å². The fraction of sp³-hybridized carbons (Fsp3) is 0. The number of hydrogen-bond donors (Lipinski definition) is 0. The van der Waals surface area contributed by atoms with Crippen LogP contribution < -0.4 is 0 Å². The van der Waals surface area contributed by atoms with Crippen LogP contribution in [0.1, 0.15) is 11.1 Å². The summed E-state index contributed by atoms with van der Waals surface area (Å²) < 4.78 is 25.8. The Morgan fingerprint density at radius 2 is 1.00 bits per heavy atom. The van der Waals surface area contributed by atoms with Crippen LogP contribution in [0.4, 0.5) is 8.78 Å². The molecular formula is C16H10F2N2O4. The molecule has 0 spiro atoms. The Kier molecular flexibility index (Phi) is 5.10. The van der Waals surface area contributed by atoms with Gasteiger partial charge in [0.15, 0.2) is 0 Å². The Bertz CT molecular complexity index is 757. The fourth-order valence-corrected chi connectivity index (χ4v) is 1.87. The van der Waals surface area contributed by atoms with Crippen molar-refractivity contribution < 1.29 is 18.6 Å². The van der Waals surface area contributed by atoms with E-state index < -0.39 is 32.9 Å². The number of rotatable bonds is 5. The Hall–Kier alpha value is -3.42. The molecule has 0 N–H and O–H groups in total. The summed E-state index contributed by atoms with van der Waals surface area (Å²) in [7, 11) is 0. The Morgan fingerprint density at radius 1 is 0.708 bits per heavy atom. The normalized spacial score (nSPS) is 12.1. The molecule has 0 aliphatic rings. The molecule has 0 aliphatic heterocycles. The van der Waals surface area contributed by atoms with Crippen molar-refractivity contribution in [3.63, 3.8) is 0 Å². The highest BCUT2D eigenvalue weighted by Crippen LogP contribution is 2.20. The zero-order valence-electron chi connectivity index (χ0n) is 12.1. The highest BCUT2D eigenvalue weighted by Gasteiger charge is 2.28. The second-order valence-electron chi connectivity index (χ2n) is 4.68. The van der Waals surface area contributed by atoms with E-state index in [1.165, 1.54) is 24.3 Å². The molecule has 0 bridgehead atoms. The first-order valence-corrected chi connectivity index (χ1v) is 6.60. The molecule has 0 atom stereocenters. The molecule has 0 amide bonds. The number of halogens is 2. The summed E-state index contributed by atoms with van der Waals surface area (Å²) in [6, 6.07) is 9.36. The minimum absolute atomic E-state index is 0.231. The number of hydrogen-bond acceptors (Lipinski definition) is 4. The summed E-state index contributed by atoms with van der Waals surface area (Å²) >= 11 is 0. The third-order valence-electron chi connectivity index (χ3n) is 3.00. The Labute approximate surface area is 134 Å². The van der Waals surface area contributed by atoms with Crippen LogP contribution in [0.15, 0.2) is 59.9 Å². The van der Waals surface area contributed by atoms with Gasteiger partial charge >= 0.3 is 11.4 Å². The van der Waals surface area contributed by atoms with Gasteiger partial charge in [-0.3, -0.25) is 20.2 Å². The van der Waals surface area contributed by atoms with Crippen molar-refractivity contribution in [2.24, 2.45) is 0 Å². The number of benzene rings is 2. The predicted octanol–water partition coefficient (Wildman–Crippen LogP) is 3.90. The molecule has 0 heterocycles. The summed E-state index contributed by atoms with van der Waals surface area (Å²) in [5, 5.41) is 22.4. The van der Waals surface area contributed by atoms with Crippen LogP contribution >= 0.6 is 0 Å². The van der Waals surface area contributed by atoms with E-state index in [-0.39, 0.29) is 11.1 Å². The van der Waals surface area contributed by atoms with Gasteiger partial charge in [0, 0.05) is 12.2 Å². The molecule has 0 saturated carbocycles. The summed E-state index contributed by atoms with van der Waals surface area (Å²) in [5.74, 6) is -1.07. The molecule has 2 aromatic carbocycles. The van der Waals surface area contributed by atoms with Gasteiger partial charge in [0.25, 0.3) is 0 Å². The van der Waals surface area contributed by atoms with E-state index in [1.54, 1.807) is 0 Å². The van der Waals surface area contributed by atoms with Gasteiger partial charge in [-0.15, -0.1) is 0 Å². The minimum atomic E-state index is -0.901. The molecule has 0 aromatic heterocycles. The molecular weight excluding hydrogens is 322 g/mol. The maximum Gasteiger partial charge on any atom is 0.346 e. The smallest absolute Gasteiger partial charge is 0.258 e. The predicted molar refractivity (Wildman–Crippen MR) is 82.7 cm³/mol. The lowest BCUT2D eigenvalue weighted by Gasteiger charge is -1.99. The van der Waals surface area contributed by atoms with Crippen LogP contribution in [0.5, 0.6) is 0 Å². The first-order valence-electron chi connectivity index (χ1n) is 6.60. The average molecular weight is 332 g/mol. The zero-order chi connectivity index (χ0) is 17.7. The van der Waals surface area contributed by atoms with Gasteiger partial charge in [-0.2, -0.15) is 0 Å². The van der Waals surface area contributed by atoms with Crippen molar-refractivity contribution in [1.29, 1.82) is 0 Å². The van der Waals surface area contributed by atoms with Gasteiger partial charge in [-0.1, -0.05) is 24.3 Å². The third-order valence-corrected chi connectivity index (χ3v) is 3.00. The van der Waals surface area contributed by atoms with Crippen molar-refractivity contribution in [3.05, 3.63) is 103 Å². The Balaban J connectivity index is 2.52. The molecule has 8 heteroatoms. The largest absolute Gasteiger partial charge is 0.346 e. The first-order chi connectivity index (χ1) is 11.4. The first kappa shape index (κ1) is 16.9. The SMILES string of the molecule is O=[N+]([O-])C(=Cc1ccc(F)cc1)C(=Cc1ccc(F)cc1)[N+](=O)[O-]. The molecule has 0 radical (unpaired) electrons. The van der Waals surface area contributed by atoms with Gasteiger partial charge < -0.3 is 0 Å². The molecule has 2 rings (SSSR count).